The van der Waals surface area contributed by atoms with Crippen molar-refractivity contribution >= 4 is 21.8 Å². The highest BCUT2D eigenvalue weighted by Crippen LogP contribution is 2.15. The van der Waals surface area contributed by atoms with E-state index < -0.39 is 27.9 Å². The van der Waals surface area contributed by atoms with Crippen LogP contribution >= 0.6 is 0 Å². The molecule has 0 radical (unpaired) electrons. The zero-order valence-electron chi connectivity index (χ0n) is 14.9. The van der Waals surface area contributed by atoms with Gasteiger partial charge in [0.1, 0.15) is 5.75 Å². The molecular weight excluding hydrogens is 370 g/mol. The van der Waals surface area contributed by atoms with Crippen molar-refractivity contribution in [3.63, 3.8) is 0 Å². The molecule has 2 aromatic carbocycles. The van der Waals surface area contributed by atoms with E-state index in [1.54, 1.807) is 24.3 Å². The molecule has 0 aliphatic rings. The number of methoxy groups -OCH3 is 1. The first kappa shape index (κ1) is 20.4. The summed E-state index contributed by atoms with van der Waals surface area (Å²) < 4.78 is 32.0. The fraction of sp³-hybridized carbons (Fsp3) is 0.222. The molecule has 1 atom stereocenters. The number of amides is 2. The Morgan fingerprint density at radius 1 is 1.15 bits per heavy atom. The van der Waals surface area contributed by atoms with Crippen LogP contribution in [0.15, 0.2) is 53.4 Å². The van der Waals surface area contributed by atoms with Crippen LogP contribution in [-0.4, -0.2) is 33.4 Å². The number of nitrogens with two attached hydrogens (primary N) is 1. The lowest BCUT2D eigenvalue weighted by Gasteiger charge is -2.15. The summed E-state index contributed by atoms with van der Waals surface area (Å²) in [5, 5.41) is 2.62. The maximum absolute atomic E-state index is 12.4. The summed E-state index contributed by atoms with van der Waals surface area (Å²) in [5.74, 6) is -0.543. The SMILES string of the molecule is COc1ccc(S(=O)(=O)N[C@@H](C)C(=O)NCc2cccc(C(N)=O)c2)cc1. The van der Waals surface area contributed by atoms with Crippen LogP contribution < -0.4 is 20.5 Å². The Bertz CT molecular complexity index is 926. The minimum Gasteiger partial charge on any atom is -0.497 e. The molecule has 0 bridgehead atoms. The lowest BCUT2D eigenvalue weighted by Crippen LogP contribution is -2.44. The number of carbonyl (C=O) groups is 2. The Hall–Kier alpha value is -2.91. The fourth-order valence-corrected chi connectivity index (χ4v) is 3.49. The first-order valence-corrected chi connectivity index (χ1v) is 9.54. The van der Waals surface area contributed by atoms with Crippen molar-refractivity contribution in [2.24, 2.45) is 5.73 Å². The monoisotopic (exact) mass is 391 g/mol. The van der Waals surface area contributed by atoms with Gasteiger partial charge in [0.05, 0.1) is 18.0 Å². The summed E-state index contributed by atoms with van der Waals surface area (Å²) >= 11 is 0. The van der Waals surface area contributed by atoms with Gasteiger partial charge in [-0.25, -0.2) is 8.42 Å². The molecule has 2 rings (SSSR count). The minimum absolute atomic E-state index is 0.0251. The van der Waals surface area contributed by atoms with E-state index in [-0.39, 0.29) is 11.4 Å². The average Bonchev–Trinajstić information content (AvgIpc) is 2.66. The third kappa shape index (κ3) is 5.53. The van der Waals surface area contributed by atoms with E-state index in [0.717, 1.165) is 0 Å². The van der Waals surface area contributed by atoms with Gasteiger partial charge in [-0.2, -0.15) is 4.72 Å². The van der Waals surface area contributed by atoms with Gasteiger partial charge in [-0.15, -0.1) is 0 Å². The fourth-order valence-electron chi connectivity index (χ4n) is 2.29. The molecule has 0 aliphatic heterocycles. The lowest BCUT2D eigenvalue weighted by molar-refractivity contribution is -0.122. The van der Waals surface area contributed by atoms with Crippen molar-refractivity contribution in [2.45, 2.75) is 24.4 Å². The Kier molecular flexibility index (Phi) is 6.54. The average molecular weight is 391 g/mol. The lowest BCUT2D eigenvalue weighted by atomic mass is 10.1. The number of nitrogens with one attached hydrogen (secondary N) is 2. The number of sulfonamides is 1. The smallest absolute Gasteiger partial charge is 0.248 e. The van der Waals surface area contributed by atoms with Crippen LogP contribution in [0.3, 0.4) is 0 Å². The summed E-state index contributed by atoms with van der Waals surface area (Å²) in [6, 6.07) is 11.3. The van der Waals surface area contributed by atoms with Crippen LogP contribution in [0, 0.1) is 0 Å². The van der Waals surface area contributed by atoms with Crippen molar-refractivity contribution in [2.75, 3.05) is 7.11 Å². The number of primary amides is 1. The van der Waals surface area contributed by atoms with Gasteiger partial charge in [-0.3, -0.25) is 9.59 Å². The normalized spacial score (nSPS) is 12.2. The predicted molar refractivity (Wildman–Crippen MR) is 99.6 cm³/mol. The maximum atomic E-state index is 12.4. The van der Waals surface area contributed by atoms with Gasteiger partial charge >= 0.3 is 0 Å². The van der Waals surface area contributed by atoms with Crippen molar-refractivity contribution in [3.05, 3.63) is 59.7 Å². The van der Waals surface area contributed by atoms with Gasteiger partial charge in [-0.1, -0.05) is 12.1 Å². The summed E-state index contributed by atoms with van der Waals surface area (Å²) in [6.45, 7) is 1.57. The van der Waals surface area contributed by atoms with Crippen molar-refractivity contribution in [1.82, 2.24) is 10.0 Å². The highest BCUT2D eigenvalue weighted by atomic mass is 32.2. The molecular formula is C18H21N3O5S. The number of ether oxygens (including phenoxy) is 1. The Balaban J connectivity index is 1.98. The van der Waals surface area contributed by atoms with Gasteiger partial charge < -0.3 is 15.8 Å². The maximum Gasteiger partial charge on any atom is 0.248 e. The molecule has 8 nitrogen and oxygen atoms in total. The molecule has 0 heterocycles. The van der Waals surface area contributed by atoms with Crippen LogP contribution in [0.25, 0.3) is 0 Å². The standard InChI is InChI=1S/C18H21N3O5S/c1-12(21-27(24,25)16-8-6-15(26-2)7-9-16)18(23)20-11-13-4-3-5-14(10-13)17(19)22/h3-10,12,21H,11H2,1-2H3,(H2,19,22)(H,20,23)/t12-/m0/s1. The molecule has 4 N–H and O–H groups in total. The van der Waals surface area contributed by atoms with E-state index in [1.807, 2.05) is 0 Å². The first-order chi connectivity index (χ1) is 12.7. The molecule has 0 fully saturated rings. The van der Waals surface area contributed by atoms with Crippen LogP contribution in [-0.2, 0) is 21.4 Å². The minimum atomic E-state index is -3.86. The second-order valence-corrected chi connectivity index (χ2v) is 7.51. The zero-order chi connectivity index (χ0) is 20.0. The topological polar surface area (TPSA) is 128 Å². The Morgan fingerprint density at radius 3 is 2.41 bits per heavy atom. The summed E-state index contributed by atoms with van der Waals surface area (Å²) in [5.41, 5.74) is 6.22. The summed E-state index contributed by atoms with van der Waals surface area (Å²) in [7, 11) is -2.38. The summed E-state index contributed by atoms with van der Waals surface area (Å²) in [4.78, 5) is 23.4. The largest absolute Gasteiger partial charge is 0.497 e. The van der Waals surface area contributed by atoms with Gasteiger partial charge in [0.2, 0.25) is 21.8 Å². The second-order valence-electron chi connectivity index (χ2n) is 5.80. The number of benzene rings is 2. The second kappa shape index (κ2) is 8.65. The first-order valence-electron chi connectivity index (χ1n) is 8.06. The third-order valence-corrected chi connectivity index (χ3v) is 5.33. The molecule has 27 heavy (non-hydrogen) atoms. The van der Waals surface area contributed by atoms with E-state index in [0.29, 0.717) is 16.9 Å². The highest BCUT2D eigenvalue weighted by molar-refractivity contribution is 7.89. The Labute approximate surface area is 157 Å². The van der Waals surface area contributed by atoms with Gasteiger partial charge in [0.25, 0.3) is 0 Å². The third-order valence-electron chi connectivity index (χ3n) is 3.77. The van der Waals surface area contributed by atoms with Crippen LogP contribution in [0.1, 0.15) is 22.8 Å². The van der Waals surface area contributed by atoms with Gasteiger partial charge in [0.15, 0.2) is 0 Å². The van der Waals surface area contributed by atoms with E-state index in [4.69, 9.17) is 10.5 Å². The zero-order valence-corrected chi connectivity index (χ0v) is 15.7. The molecule has 2 amide bonds. The molecule has 0 saturated heterocycles. The molecule has 0 unspecified atom stereocenters. The van der Waals surface area contributed by atoms with E-state index in [1.165, 1.54) is 38.3 Å². The molecule has 0 spiro atoms. The molecule has 0 saturated carbocycles. The highest BCUT2D eigenvalue weighted by Gasteiger charge is 2.22. The van der Waals surface area contributed by atoms with Crippen LogP contribution in [0.2, 0.25) is 0 Å². The Morgan fingerprint density at radius 2 is 1.81 bits per heavy atom. The van der Waals surface area contributed by atoms with Crippen molar-refractivity contribution in [3.8, 4) is 5.75 Å². The van der Waals surface area contributed by atoms with Gasteiger partial charge in [0, 0.05) is 12.1 Å². The van der Waals surface area contributed by atoms with Crippen LogP contribution in [0.5, 0.6) is 5.75 Å². The number of hydrogen-bond donors (Lipinski definition) is 3. The molecule has 0 aliphatic carbocycles. The van der Waals surface area contributed by atoms with Crippen molar-refractivity contribution in [1.29, 1.82) is 0 Å². The molecule has 9 heteroatoms. The van der Waals surface area contributed by atoms with E-state index in [9.17, 15) is 18.0 Å². The summed E-state index contributed by atoms with van der Waals surface area (Å²) in [6.07, 6.45) is 0. The molecule has 2 aromatic rings. The van der Waals surface area contributed by atoms with Crippen LogP contribution in [0.4, 0.5) is 0 Å². The van der Waals surface area contributed by atoms with E-state index in [2.05, 4.69) is 10.0 Å². The number of rotatable bonds is 8. The quantitative estimate of drug-likeness (QED) is 0.613. The molecule has 0 aromatic heterocycles. The van der Waals surface area contributed by atoms with Gasteiger partial charge in [-0.05, 0) is 48.9 Å². The van der Waals surface area contributed by atoms with Crippen molar-refractivity contribution < 1.29 is 22.7 Å². The predicted octanol–water partition coefficient (Wildman–Crippen LogP) is 0.777. The number of carbonyl (C=O) groups excluding carboxylic acids is 2. The van der Waals surface area contributed by atoms with E-state index >= 15 is 0 Å². The number of hydrogen-bond acceptors (Lipinski definition) is 5. The molecule has 144 valence electrons.